The molecular weight excluding hydrogens is 355 g/mol. The number of hydrogen-bond donors (Lipinski definition) is 2. The molecule has 1 saturated heterocycles. The number of piperidine rings is 1. The van der Waals surface area contributed by atoms with E-state index in [9.17, 15) is 4.39 Å². The summed E-state index contributed by atoms with van der Waals surface area (Å²) in [6, 6.07) is 5.32. The molecule has 1 atom stereocenters. The van der Waals surface area contributed by atoms with Crippen LogP contribution >= 0.6 is 0 Å². The van der Waals surface area contributed by atoms with Crippen LogP contribution in [0.25, 0.3) is 0 Å². The molecule has 0 bridgehead atoms. The largest absolute Gasteiger partial charge is 0.369 e. The molecule has 1 aromatic carbocycles. The summed E-state index contributed by atoms with van der Waals surface area (Å²) in [7, 11) is 3.76. The van der Waals surface area contributed by atoms with Gasteiger partial charge in [-0.25, -0.2) is 4.39 Å². The van der Waals surface area contributed by atoms with Gasteiger partial charge in [0, 0.05) is 56.7 Å². The van der Waals surface area contributed by atoms with Crippen LogP contribution in [-0.2, 0) is 13.6 Å². The highest BCUT2D eigenvalue weighted by Crippen LogP contribution is 2.24. The number of rotatable bonds is 4. The summed E-state index contributed by atoms with van der Waals surface area (Å²) in [6.45, 7) is 8.64. The number of aromatic nitrogens is 2. The van der Waals surface area contributed by atoms with Crippen LogP contribution in [0.2, 0.25) is 0 Å². The zero-order valence-corrected chi connectivity index (χ0v) is 17.5. The molecule has 28 heavy (non-hydrogen) atoms. The van der Waals surface area contributed by atoms with E-state index in [4.69, 9.17) is 0 Å². The third-order valence-electron chi connectivity index (χ3n) is 5.58. The molecule has 1 aromatic heterocycles. The number of nitrogens with zero attached hydrogens (tertiary/aromatic N) is 4. The lowest BCUT2D eigenvalue weighted by molar-refractivity contribution is 0.467. The van der Waals surface area contributed by atoms with E-state index in [2.05, 4.69) is 32.5 Å². The Hall–Kier alpha value is -2.57. The maximum atomic E-state index is 13.4. The zero-order valence-electron chi connectivity index (χ0n) is 17.5. The molecule has 1 aliphatic heterocycles. The molecule has 0 radical (unpaired) electrons. The number of halogens is 1. The second kappa shape index (κ2) is 8.63. The fraction of sp³-hybridized carbons (Fsp3) is 0.524. The Morgan fingerprint density at radius 1 is 1.32 bits per heavy atom. The van der Waals surface area contributed by atoms with Gasteiger partial charge in [-0.1, -0.05) is 0 Å². The molecule has 2 heterocycles. The third-order valence-corrected chi connectivity index (χ3v) is 5.58. The highest BCUT2D eigenvalue weighted by Gasteiger charge is 2.22. The molecule has 2 N–H and O–H groups in total. The molecule has 1 unspecified atom stereocenters. The van der Waals surface area contributed by atoms with E-state index >= 15 is 0 Å². The summed E-state index contributed by atoms with van der Waals surface area (Å²) in [4.78, 5) is 6.72. The Labute approximate surface area is 166 Å². The minimum absolute atomic E-state index is 0.182. The van der Waals surface area contributed by atoms with Crippen LogP contribution in [0.15, 0.2) is 23.2 Å². The standard InChI is InChI=1S/C21H31FN6/c1-14-11-17(22)8-9-20(14)28-10-6-7-18(13-28)25-21(23-4)24-12-19-15(2)26-27(5)16(19)3/h8-9,11,18H,6-7,10,12-13H2,1-5H3,(H2,23,24,25). The van der Waals surface area contributed by atoms with Crippen molar-refractivity contribution in [2.75, 3.05) is 25.0 Å². The first kappa shape index (κ1) is 20.2. The van der Waals surface area contributed by atoms with Crippen LogP contribution in [0.3, 0.4) is 0 Å². The smallest absolute Gasteiger partial charge is 0.191 e. The highest BCUT2D eigenvalue weighted by atomic mass is 19.1. The lowest BCUT2D eigenvalue weighted by Gasteiger charge is -2.36. The van der Waals surface area contributed by atoms with Crippen LogP contribution in [-0.4, -0.2) is 41.9 Å². The maximum absolute atomic E-state index is 13.4. The monoisotopic (exact) mass is 386 g/mol. The van der Waals surface area contributed by atoms with Crippen LogP contribution in [0, 0.1) is 26.6 Å². The quantitative estimate of drug-likeness (QED) is 0.627. The fourth-order valence-corrected chi connectivity index (χ4v) is 3.92. The van der Waals surface area contributed by atoms with Gasteiger partial charge in [-0.2, -0.15) is 5.10 Å². The Morgan fingerprint density at radius 2 is 2.11 bits per heavy atom. The Balaban J connectivity index is 1.61. The summed E-state index contributed by atoms with van der Waals surface area (Å²) in [5, 5.41) is 11.4. The van der Waals surface area contributed by atoms with Gasteiger partial charge in [-0.05, 0) is 57.4 Å². The lowest BCUT2D eigenvalue weighted by Crippen LogP contribution is -2.51. The van der Waals surface area contributed by atoms with Gasteiger partial charge in [-0.3, -0.25) is 9.67 Å². The van der Waals surface area contributed by atoms with E-state index in [1.54, 1.807) is 19.2 Å². The number of aliphatic imine (C=N–C) groups is 1. The second-order valence-corrected chi connectivity index (χ2v) is 7.56. The first-order valence-corrected chi connectivity index (χ1v) is 9.86. The van der Waals surface area contributed by atoms with Crippen molar-refractivity contribution in [3.8, 4) is 0 Å². The first-order chi connectivity index (χ1) is 13.4. The molecule has 0 saturated carbocycles. The predicted molar refractivity (Wildman–Crippen MR) is 112 cm³/mol. The summed E-state index contributed by atoms with van der Waals surface area (Å²) in [5.41, 5.74) is 5.50. The molecule has 1 aliphatic rings. The lowest BCUT2D eigenvalue weighted by atomic mass is 10.0. The molecule has 152 valence electrons. The van der Waals surface area contributed by atoms with E-state index in [-0.39, 0.29) is 5.82 Å². The molecule has 3 rings (SSSR count). The van der Waals surface area contributed by atoms with Crippen LogP contribution in [0.5, 0.6) is 0 Å². The van der Waals surface area contributed by atoms with Gasteiger partial charge in [0.2, 0.25) is 0 Å². The van der Waals surface area contributed by atoms with Crippen molar-refractivity contribution in [2.24, 2.45) is 12.0 Å². The van der Waals surface area contributed by atoms with Gasteiger partial charge >= 0.3 is 0 Å². The van der Waals surface area contributed by atoms with Gasteiger partial charge in [-0.15, -0.1) is 0 Å². The topological polar surface area (TPSA) is 57.5 Å². The Bertz CT molecular complexity index is 857. The minimum atomic E-state index is -0.182. The number of guanidine groups is 1. The predicted octanol–water partition coefficient (Wildman–Crippen LogP) is 2.82. The SMILES string of the molecule is CN=C(NCc1c(C)nn(C)c1C)NC1CCCN(c2ccc(F)cc2C)C1. The van der Waals surface area contributed by atoms with E-state index < -0.39 is 0 Å². The van der Waals surface area contributed by atoms with Crippen LogP contribution in [0.4, 0.5) is 10.1 Å². The van der Waals surface area contributed by atoms with Crippen molar-refractivity contribution >= 4 is 11.6 Å². The zero-order chi connectivity index (χ0) is 20.3. The first-order valence-electron chi connectivity index (χ1n) is 9.86. The average molecular weight is 387 g/mol. The van der Waals surface area contributed by atoms with Crippen molar-refractivity contribution < 1.29 is 4.39 Å². The van der Waals surface area contributed by atoms with Gasteiger partial charge in [0.1, 0.15) is 5.82 Å². The molecule has 7 heteroatoms. The van der Waals surface area contributed by atoms with Crippen LogP contribution < -0.4 is 15.5 Å². The molecule has 0 aliphatic carbocycles. The van der Waals surface area contributed by atoms with E-state index in [1.165, 1.54) is 5.56 Å². The summed E-state index contributed by atoms with van der Waals surface area (Å²) < 4.78 is 15.3. The number of aryl methyl sites for hydroxylation is 3. The van der Waals surface area contributed by atoms with Crippen molar-refractivity contribution in [1.82, 2.24) is 20.4 Å². The van der Waals surface area contributed by atoms with Gasteiger partial charge in [0.05, 0.1) is 5.69 Å². The summed E-state index contributed by atoms with van der Waals surface area (Å²) >= 11 is 0. The average Bonchev–Trinajstić information content (AvgIpc) is 2.90. The van der Waals surface area contributed by atoms with E-state index in [0.717, 1.165) is 54.5 Å². The molecule has 2 aromatic rings. The molecule has 6 nitrogen and oxygen atoms in total. The van der Waals surface area contributed by atoms with Gasteiger partial charge < -0.3 is 15.5 Å². The number of benzene rings is 1. The molecule has 1 fully saturated rings. The normalized spacial score (nSPS) is 17.7. The molecule has 0 amide bonds. The minimum Gasteiger partial charge on any atom is -0.369 e. The van der Waals surface area contributed by atoms with Crippen molar-refractivity contribution in [2.45, 2.75) is 46.2 Å². The summed E-state index contributed by atoms with van der Waals surface area (Å²) in [5.74, 6) is 0.615. The van der Waals surface area contributed by atoms with Crippen molar-refractivity contribution in [3.05, 3.63) is 46.5 Å². The molecular formula is C21H31FN6. The van der Waals surface area contributed by atoms with E-state index in [0.29, 0.717) is 12.6 Å². The Kier molecular flexibility index (Phi) is 6.21. The summed E-state index contributed by atoms with van der Waals surface area (Å²) in [6.07, 6.45) is 2.18. The van der Waals surface area contributed by atoms with Crippen molar-refractivity contribution in [3.63, 3.8) is 0 Å². The number of anilines is 1. The maximum Gasteiger partial charge on any atom is 0.191 e. The third kappa shape index (κ3) is 4.46. The van der Waals surface area contributed by atoms with Gasteiger partial charge in [0.25, 0.3) is 0 Å². The van der Waals surface area contributed by atoms with E-state index in [1.807, 2.05) is 31.6 Å². The molecule has 0 spiro atoms. The Morgan fingerprint density at radius 3 is 2.75 bits per heavy atom. The highest BCUT2D eigenvalue weighted by molar-refractivity contribution is 5.80. The van der Waals surface area contributed by atoms with Gasteiger partial charge in [0.15, 0.2) is 5.96 Å². The number of nitrogens with one attached hydrogen (secondary N) is 2. The fourth-order valence-electron chi connectivity index (χ4n) is 3.92. The number of hydrogen-bond acceptors (Lipinski definition) is 3. The van der Waals surface area contributed by atoms with Crippen LogP contribution in [0.1, 0.15) is 35.4 Å². The van der Waals surface area contributed by atoms with Crippen molar-refractivity contribution in [1.29, 1.82) is 0 Å². The second-order valence-electron chi connectivity index (χ2n) is 7.56.